The number of hydrogen-bond acceptors (Lipinski definition) is 3. The lowest BCUT2D eigenvalue weighted by atomic mass is 10.2. The summed E-state index contributed by atoms with van der Waals surface area (Å²) in [6.45, 7) is 1.67. The zero-order chi connectivity index (χ0) is 12.3. The normalized spacial score (nSPS) is 10.6. The van der Waals surface area contributed by atoms with Gasteiger partial charge >= 0.3 is 5.97 Å². The second kappa shape index (κ2) is 5.72. The van der Waals surface area contributed by atoms with Gasteiger partial charge < -0.3 is 4.74 Å². The van der Waals surface area contributed by atoms with Crippen molar-refractivity contribution in [3.63, 3.8) is 0 Å². The molecule has 0 fully saturated rings. The van der Waals surface area contributed by atoms with Gasteiger partial charge in [0.2, 0.25) is 0 Å². The molecule has 0 spiro atoms. The molecule has 0 saturated heterocycles. The molecule has 0 N–H and O–H groups in total. The van der Waals surface area contributed by atoms with Crippen molar-refractivity contribution in [1.82, 2.24) is 4.98 Å². The Labute approximate surface area is 109 Å². The number of rotatable bonds is 3. The van der Waals surface area contributed by atoms with E-state index in [2.05, 4.69) is 9.72 Å². The van der Waals surface area contributed by atoms with Crippen LogP contribution >= 0.6 is 34.2 Å². The van der Waals surface area contributed by atoms with Gasteiger partial charge in [0, 0.05) is 0 Å². The van der Waals surface area contributed by atoms with Crippen LogP contribution in [0.1, 0.15) is 29.4 Å². The van der Waals surface area contributed by atoms with Gasteiger partial charge in [-0.1, -0.05) is 11.6 Å². The third kappa shape index (κ3) is 3.00. The molecular weight excluding hydrogens is 354 g/mol. The van der Waals surface area contributed by atoms with Crippen molar-refractivity contribution in [3.05, 3.63) is 26.0 Å². The molecule has 0 radical (unpaired) electrons. The van der Waals surface area contributed by atoms with E-state index in [1.807, 2.05) is 0 Å². The first-order chi connectivity index (χ1) is 7.47. The second-order valence-corrected chi connectivity index (χ2v) is 4.24. The van der Waals surface area contributed by atoms with Crippen LogP contribution in [-0.4, -0.2) is 17.6 Å². The molecule has 0 unspecified atom stereocenters. The minimum atomic E-state index is -2.79. The average molecular weight is 362 g/mol. The van der Waals surface area contributed by atoms with Crippen LogP contribution in [0.15, 0.2) is 6.07 Å². The summed E-state index contributed by atoms with van der Waals surface area (Å²) < 4.78 is 30.3. The molecule has 16 heavy (non-hydrogen) atoms. The van der Waals surface area contributed by atoms with Crippen LogP contribution in [0.25, 0.3) is 0 Å². The van der Waals surface area contributed by atoms with Crippen molar-refractivity contribution in [1.29, 1.82) is 0 Å². The highest BCUT2D eigenvalue weighted by atomic mass is 127. The van der Waals surface area contributed by atoms with E-state index in [0.717, 1.165) is 6.07 Å². The van der Waals surface area contributed by atoms with Gasteiger partial charge in [-0.15, -0.1) is 0 Å². The maximum atomic E-state index is 12.6. The van der Waals surface area contributed by atoms with Crippen molar-refractivity contribution in [2.24, 2.45) is 0 Å². The highest BCUT2D eigenvalue weighted by Crippen LogP contribution is 2.27. The third-order valence-corrected chi connectivity index (χ3v) is 3.10. The Balaban J connectivity index is 3.24. The van der Waals surface area contributed by atoms with Crippen LogP contribution < -0.4 is 0 Å². The highest BCUT2D eigenvalue weighted by Gasteiger charge is 2.23. The Morgan fingerprint density at radius 3 is 2.81 bits per heavy atom. The van der Waals surface area contributed by atoms with E-state index in [1.54, 1.807) is 29.5 Å². The van der Waals surface area contributed by atoms with Gasteiger partial charge in [0.1, 0.15) is 5.15 Å². The number of aromatic nitrogens is 1. The Bertz CT molecular complexity index is 415. The van der Waals surface area contributed by atoms with Crippen LogP contribution in [0.2, 0.25) is 5.15 Å². The summed E-state index contributed by atoms with van der Waals surface area (Å²) in [5, 5.41) is 0.00746. The van der Waals surface area contributed by atoms with E-state index in [-0.39, 0.29) is 11.8 Å². The molecule has 0 bridgehead atoms. The number of nitrogens with zero attached hydrogens (tertiary/aromatic N) is 1. The number of carbonyl (C=O) groups excluding carboxylic acids is 1. The van der Waals surface area contributed by atoms with E-state index in [0.29, 0.717) is 3.57 Å². The molecule has 0 amide bonds. The summed E-state index contributed by atoms with van der Waals surface area (Å²) in [5.74, 6) is -0.892. The molecule has 3 nitrogen and oxygen atoms in total. The van der Waals surface area contributed by atoms with Crippen LogP contribution in [0.5, 0.6) is 0 Å². The molecule has 0 aliphatic rings. The van der Waals surface area contributed by atoms with Crippen molar-refractivity contribution < 1.29 is 18.3 Å². The third-order valence-electron chi connectivity index (χ3n) is 1.67. The standard InChI is InChI=1S/C9H7ClF2INO2/c1-2-16-9(15)6-4(8(11)12)3-5(13)7(10)14-6/h3,8H,2H2,1H3. The quantitative estimate of drug-likeness (QED) is 0.470. The number of alkyl halides is 2. The summed E-state index contributed by atoms with van der Waals surface area (Å²) in [6, 6.07) is 1.13. The van der Waals surface area contributed by atoms with Crippen LogP contribution in [0.4, 0.5) is 8.78 Å². The number of hydrogen-bond donors (Lipinski definition) is 0. The van der Waals surface area contributed by atoms with E-state index < -0.39 is 23.7 Å². The molecule has 0 aromatic carbocycles. The lowest BCUT2D eigenvalue weighted by Crippen LogP contribution is -2.12. The van der Waals surface area contributed by atoms with Gasteiger partial charge in [-0.05, 0) is 35.6 Å². The molecule has 1 heterocycles. The predicted octanol–water partition coefficient (Wildman–Crippen LogP) is 3.45. The first-order valence-electron chi connectivity index (χ1n) is 4.28. The SMILES string of the molecule is CCOC(=O)c1nc(Cl)c(I)cc1C(F)F. The summed E-state index contributed by atoms with van der Waals surface area (Å²) >= 11 is 7.43. The Morgan fingerprint density at radius 2 is 2.31 bits per heavy atom. The van der Waals surface area contributed by atoms with Gasteiger partial charge in [0.15, 0.2) is 5.69 Å². The lowest BCUT2D eigenvalue weighted by molar-refractivity contribution is 0.0507. The van der Waals surface area contributed by atoms with Crippen LogP contribution in [0.3, 0.4) is 0 Å². The molecule has 88 valence electrons. The number of halogens is 4. The van der Waals surface area contributed by atoms with Crippen molar-refractivity contribution in [2.75, 3.05) is 6.61 Å². The summed E-state index contributed by atoms with van der Waals surface area (Å²) in [5.41, 5.74) is -0.894. The molecule has 1 aromatic rings. The predicted molar refractivity (Wildman–Crippen MR) is 62.9 cm³/mol. The zero-order valence-electron chi connectivity index (χ0n) is 8.14. The van der Waals surface area contributed by atoms with Crippen LogP contribution in [0, 0.1) is 3.57 Å². The van der Waals surface area contributed by atoms with E-state index >= 15 is 0 Å². The smallest absolute Gasteiger partial charge is 0.357 e. The monoisotopic (exact) mass is 361 g/mol. The Kier molecular flexibility index (Phi) is 4.85. The number of ether oxygens (including phenoxy) is 1. The largest absolute Gasteiger partial charge is 0.461 e. The molecular formula is C9H7ClF2INO2. The molecule has 7 heteroatoms. The van der Waals surface area contributed by atoms with Crippen molar-refractivity contribution in [2.45, 2.75) is 13.3 Å². The lowest BCUT2D eigenvalue weighted by Gasteiger charge is -2.08. The fourth-order valence-electron chi connectivity index (χ4n) is 1.01. The van der Waals surface area contributed by atoms with Crippen molar-refractivity contribution >= 4 is 40.2 Å². The summed E-state index contributed by atoms with van der Waals surface area (Å²) in [6.07, 6.45) is -2.79. The second-order valence-electron chi connectivity index (χ2n) is 2.72. The summed E-state index contributed by atoms with van der Waals surface area (Å²) in [4.78, 5) is 15.0. The topological polar surface area (TPSA) is 39.2 Å². The van der Waals surface area contributed by atoms with Crippen molar-refractivity contribution in [3.8, 4) is 0 Å². The molecule has 1 rings (SSSR count). The van der Waals surface area contributed by atoms with Gasteiger partial charge in [-0.2, -0.15) is 0 Å². The fourth-order valence-corrected chi connectivity index (χ4v) is 1.61. The molecule has 0 aliphatic carbocycles. The Morgan fingerprint density at radius 1 is 1.69 bits per heavy atom. The number of esters is 1. The fraction of sp³-hybridized carbons (Fsp3) is 0.333. The minimum Gasteiger partial charge on any atom is -0.461 e. The van der Waals surface area contributed by atoms with Gasteiger partial charge in [0.25, 0.3) is 6.43 Å². The first kappa shape index (κ1) is 13.6. The molecule has 0 aliphatic heterocycles. The van der Waals surface area contributed by atoms with Crippen LogP contribution in [-0.2, 0) is 4.74 Å². The minimum absolute atomic E-state index is 0.00746. The Hall–Kier alpha value is -0.500. The van der Waals surface area contributed by atoms with Gasteiger partial charge in [-0.25, -0.2) is 18.6 Å². The van der Waals surface area contributed by atoms with E-state index in [1.165, 1.54) is 0 Å². The summed E-state index contributed by atoms with van der Waals surface area (Å²) in [7, 11) is 0. The molecule has 1 aromatic heterocycles. The highest BCUT2D eigenvalue weighted by molar-refractivity contribution is 14.1. The maximum absolute atomic E-state index is 12.6. The average Bonchev–Trinajstić information content (AvgIpc) is 2.21. The maximum Gasteiger partial charge on any atom is 0.357 e. The first-order valence-corrected chi connectivity index (χ1v) is 5.74. The molecule has 0 saturated carbocycles. The molecule has 0 atom stereocenters. The number of pyridine rings is 1. The van der Waals surface area contributed by atoms with E-state index in [4.69, 9.17) is 11.6 Å². The van der Waals surface area contributed by atoms with Gasteiger partial charge in [-0.3, -0.25) is 0 Å². The van der Waals surface area contributed by atoms with E-state index in [9.17, 15) is 13.6 Å². The zero-order valence-corrected chi connectivity index (χ0v) is 11.1. The van der Waals surface area contributed by atoms with Gasteiger partial charge in [0.05, 0.1) is 15.7 Å². The number of carbonyl (C=O) groups is 1.